The number of aromatic nitrogens is 4. The van der Waals surface area contributed by atoms with Crippen LogP contribution < -0.4 is 5.73 Å². The molecule has 1 aromatic rings. The third-order valence-corrected chi connectivity index (χ3v) is 2.58. The largest absolute Gasteiger partial charge is 0.371 e. The van der Waals surface area contributed by atoms with Crippen molar-refractivity contribution in [2.45, 2.75) is 38.8 Å². The topological polar surface area (TPSA) is 78.9 Å². The molecule has 86 valence electrons. The van der Waals surface area contributed by atoms with Crippen LogP contribution in [0.4, 0.5) is 0 Å². The van der Waals surface area contributed by atoms with Crippen molar-refractivity contribution in [3.8, 4) is 0 Å². The van der Waals surface area contributed by atoms with Gasteiger partial charge in [-0.25, -0.2) is 0 Å². The number of nitrogens with zero attached hydrogens (tertiary/aromatic N) is 4. The monoisotopic (exact) mass is 213 g/mol. The lowest BCUT2D eigenvalue weighted by atomic mass is 9.96. The van der Waals surface area contributed by atoms with Crippen molar-refractivity contribution >= 4 is 0 Å². The van der Waals surface area contributed by atoms with Crippen molar-refractivity contribution in [2.75, 3.05) is 6.61 Å². The maximum Gasteiger partial charge on any atom is 0.200 e. The smallest absolute Gasteiger partial charge is 0.200 e. The summed E-state index contributed by atoms with van der Waals surface area (Å²) in [6, 6.07) is 0. The Balaban J connectivity index is 2.32. The lowest BCUT2D eigenvalue weighted by Gasteiger charge is -2.25. The highest BCUT2D eigenvalue weighted by Crippen LogP contribution is 2.11. The second kappa shape index (κ2) is 5.18. The van der Waals surface area contributed by atoms with Crippen molar-refractivity contribution in [3.05, 3.63) is 5.82 Å². The molecular formula is C9H19N5O. The zero-order chi connectivity index (χ0) is 11.3. The summed E-state index contributed by atoms with van der Waals surface area (Å²) in [5.74, 6) is 0.590. The van der Waals surface area contributed by atoms with Gasteiger partial charge in [0.25, 0.3) is 0 Å². The molecule has 1 aromatic heterocycles. The van der Waals surface area contributed by atoms with Gasteiger partial charge >= 0.3 is 0 Å². The number of hydrogen-bond donors (Lipinski definition) is 1. The minimum Gasteiger partial charge on any atom is -0.371 e. The summed E-state index contributed by atoms with van der Waals surface area (Å²) in [5.41, 5.74) is 5.85. The van der Waals surface area contributed by atoms with E-state index in [1.165, 1.54) is 4.80 Å². The number of nitrogens with two attached hydrogens (primary N) is 1. The highest BCUT2D eigenvalue weighted by molar-refractivity contribution is 4.81. The molecule has 15 heavy (non-hydrogen) atoms. The molecule has 0 amide bonds. The Morgan fingerprint density at radius 2 is 2.07 bits per heavy atom. The highest BCUT2D eigenvalue weighted by Gasteiger charge is 2.20. The standard InChI is InChI=1S/C9H19N5O/c1-4-9(10,5-2)7-15-6-8-11-13-14(3)12-8/h4-7,10H2,1-3H3. The van der Waals surface area contributed by atoms with Crippen molar-refractivity contribution in [1.29, 1.82) is 0 Å². The van der Waals surface area contributed by atoms with Crippen LogP contribution in [0.2, 0.25) is 0 Å². The quantitative estimate of drug-likeness (QED) is 0.732. The Morgan fingerprint density at radius 3 is 2.53 bits per heavy atom. The van der Waals surface area contributed by atoms with Crippen LogP contribution in [0, 0.1) is 0 Å². The Morgan fingerprint density at radius 1 is 1.40 bits per heavy atom. The summed E-state index contributed by atoms with van der Waals surface area (Å²) in [4.78, 5) is 1.41. The molecule has 6 nitrogen and oxygen atoms in total. The fraction of sp³-hybridized carbons (Fsp3) is 0.889. The fourth-order valence-electron chi connectivity index (χ4n) is 1.18. The molecule has 1 heterocycles. The molecule has 0 aliphatic carbocycles. The van der Waals surface area contributed by atoms with Crippen LogP contribution in [0.25, 0.3) is 0 Å². The van der Waals surface area contributed by atoms with Gasteiger partial charge in [-0.15, -0.1) is 10.2 Å². The first kappa shape index (κ1) is 12.1. The lowest BCUT2D eigenvalue weighted by molar-refractivity contribution is 0.0656. The highest BCUT2D eigenvalue weighted by atomic mass is 16.5. The van der Waals surface area contributed by atoms with Crippen LogP contribution in [-0.4, -0.2) is 32.4 Å². The van der Waals surface area contributed by atoms with E-state index < -0.39 is 0 Å². The second-order valence-electron chi connectivity index (χ2n) is 3.76. The molecule has 1 rings (SSSR count). The van der Waals surface area contributed by atoms with Gasteiger partial charge in [0, 0.05) is 5.54 Å². The van der Waals surface area contributed by atoms with Crippen LogP contribution in [0.3, 0.4) is 0 Å². The van der Waals surface area contributed by atoms with Crippen LogP contribution in [0.1, 0.15) is 32.5 Å². The number of hydrogen-bond acceptors (Lipinski definition) is 5. The van der Waals surface area contributed by atoms with Gasteiger partial charge in [-0.3, -0.25) is 0 Å². The number of aryl methyl sites for hydroxylation is 1. The summed E-state index contributed by atoms with van der Waals surface area (Å²) < 4.78 is 5.48. The van der Waals surface area contributed by atoms with E-state index in [0.717, 1.165) is 12.8 Å². The maximum atomic E-state index is 6.08. The summed E-state index contributed by atoms with van der Waals surface area (Å²) in [6.07, 6.45) is 1.80. The molecule has 0 aliphatic heterocycles. The SMILES string of the molecule is CCC(N)(CC)COCc1nnn(C)n1. The molecule has 0 radical (unpaired) electrons. The predicted octanol–water partition coefficient (Wildman–Crippen LogP) is 0.244. The van der Waals surface area contributed by atoms with Gasteiger partial charge < -0.3 is 10.5 Å². The lowest BCUT2D eigenvalue weighted by Crippen LogP contribution is -2.43. The molecule has 0 spiro atoms. The zero-order valence-corrected chi connectivity index (χ0v) is 9.60. The summed E-state index contributed by atoms with van der Waals surface area (Å²) in [6.45, 7) is 5.02. The second-order valence-corrected chi connectivity index (χ2v) is 3.76. The minimum atomic E-state index is -0.234. The summed E-state index contributed by atoms with van der Waals surface area (Å²) in [7, 11) is 1.72. The van der Waals surface area contributed by atoms with Crippen LogP contribution >= 0.6 is 0 Å². The van der Waals surface area contributed by atoms with Crippen molar-refractivity contribution < 1.29 is 4.74 Å². The fourth-order valence-corrected chi connectivity index (χ4v) is 1.18. The van der Waals surface area contributed by atoms with Crippen LogP contribution in [0.5, 0.6) is 0 Å². The predicted molar refractivity (Wildman–Crippen MR) is 56.0 cm³/mol. The average Bonchev–Trinajstić information content (AvgIpc) is 2.64. The van der Waals surface area contributed by atoms with E-state index in [4.69, 9.17) is 10.5 Å². The molecule has 0 unspecified atom stereocenters. The molecular weight excluding hydrogens is 194 g/mol. The van der Waals surface area contributed by atoms with Gasteiger partial charge in [0.2, 0.25) is 0 Å². The molecule has 2 N–H and O–H groups in total. The first-order valence-corrected chi connectivity index (χ1v) is 5.19. The van der Waals surface area contributed by atoms with Crippen molar-refractivity contribution in [3.63, 3.8) is 0 Å². The summed E-state index contributed by atoms with van der Waals surface area (Å²) >= 11 is 0. The van der Waals surface area contributed by atoms with E-state index in [2.05, 4.69) is 29.3 Å². The Bertz CT molecular complexity index is 294. The van der Waals surface area contributed by atoms with E-state index in [-0.39, 0.29) is 5.54 Å². The molecule has 0 saturated carbocycles. The normalized spacial score (nSPS) is 12.0. The van der Waals surface area contributed by atoms with E-state index >= 15 is 0 Å². The van der Waals surface area contributed by atoms with E-state index in [9.17, 15) is 0 Å². The molecule has 0 saturated heterocycles. The zero-order valence-electron chi connectivity index (χ0n) is 9.60. The Kier molecular flexibility index (Phi) is 4.16. The molecule has 0 fully saturated rings. The van der Waals surface area contributed by atoms with Crippen LogP contribution in [0.15, 0.2) is 0 Å². The van der Waals surface area contributed by atoms with Gasteiger partial charge in [-0.2, -0.15) is 4.80 Å². The molecule has 0 aliphatic rings. The first-order chi connectivity index (χ1) is 7.09. The molecule has 0 atom stereocenters. The number of rotatable bonds is 6. The number of ether oxygens (including phenoxy) is 1. The Labute approximate surface area is 89.8 Å². The molecule has 0 aromatic carbocycles. The van der Waals surface area contributed by atoms with Gasteiger partial charge in [0.15, 0.2) is 5.82 Å². The third kappa shape index (κ3) is 3.56. The van der Waals surface area contributed by atoms with E-state index in [1.807, 2.05) is 0 Å². The third-order valence-electron chi connectivity index (χ3n) is 2.58. The summed E-state index contributed by atoms with van der Waals surface area (Å²) in [5, 5.41) is 11.5. The molecule has 0 bridgehead atoms. The molecule has 6 heteroatoms. The van der Waals surface area contributed by atoms with E-state index in [1.54, 1.807) is 7.05 Å². The maximum absolute atomic E-state index is 6.08. The van der Waals surface area contributed by atoms with Crippen LogP contribution in [-0.2, 0) is 18.4 Å². The van der Waals surface area contributed by atoms with Gasteiger partial charge in [-0.05, 0) is 18.1 Å². The van der Waals surface area contributed by atoms with Gasteiger partial charge in [0.05, 0.1) is 13.7 Å². The average molecular weight is 213 g/mol. The first-order valence-electron chi connectivity index (χ1n) is 5.19. The van der Waals surface area contributed by atoms with E-state index in [0.29, 0.717) is 19.0 Å². The van der Waals surface area contributed by atoms with Crippen molar-refractivity contribution in [2.24, 2.45) is 12.8 Å². The Hall–Kier alpha value is -1.01. The van der Waals surface area contributed by atoms with Gasteiger partial charge in [-0.1, -0.05) is 13.8 Å². The number of tetrazole rings is 1. The van der Waals surface area contributed by atoms with Crippen molar-refractivity contribution in [1.82, 2.24) is 20.2 Å². The van der Waals surface area contributed by atoms with Gasteiger partial charge in [0.1, 0.15) is 6.61 Å². The minimum absolute atomic E-state index is 0.234.